The normalized spacial score (nSPS) is 14.7. The minimum atomic E-state index is -1.59. The van der Waals surface area contributed by atoms with Crippen molar-refractivity contribution in [3.8, 4) is 5.75 Å². The third-order valence-corrected chi connectivity index (χ3v) is 2.25. The lowest BCUT2D eigenvalue weighted by Crippen LogP contribution is -2.32. The number of halogens is 2. The summed E-state index contributed by atoms with van der Waals surface area (Å²) in [6, 6.07) is 4.66. The fraction of sp³-hybridized carbons (Fsp3) is 0.455. The predicted molar refractivity (Wildman–Crippen MR) is 55.2 cm³/mol. The molecule has 0 spiro atoms. The molecule has 1 aromatic carbocycles. The van der Waals surface area contributed by atoms with Gasteiger partial charge in [0.25, 0.3) is 0 Å². The van der Waals surface area contributed by atoms with Gasteiger partial charge in [0.1, 0.15) is 5.67 Å². The van der Waals surface area contributed by atoms with E-state index in [2.05, 4.69) is 0 Å². The second-order valence-electron chi connectivity index (χ2n) is 3.73. The minimum absolute atomic E-state index is 0.0491. The van der Waals surface area contributed by atoms with Gasteiger partial charge in [0, 0.05) is 13.0 Å². The Kier molecular flexibility index (Phi) is 3.63. The molecule has 0 aliphatic carbocycles. The lowest BCUT2D eigenvalue weighted by molar-refractivity contribution is 0.197. The molecule has 0 aliphatic heterocycles. The Morgan fingerprint density at radius 2 is 2.13 bits per heavy atom. The van der Waals surface area contributed by atoms with E-state index in [9.17, 15) is 8.78 Å². The number of hydrogen-bond acceptors (Lipinski definition) is 2. The monoisotopic (exact) mass is 215 g/mol. The van der Waals surface area contributed by atoms with Gasteiger partial charge in [-0.15, -0.1) is 0 Å². The Hall–Kier alpha value is -1.16. The van der Waals surface area contributed by atoms with E-state index in [0.717, 1.165) is 0 Å². The van der Waals surface area contributed by atoms with E-state index in [4.69, 9.17) is 10.5 Å². The first-order valence-corrected chi connectivity index (χ1v) is 4.70. The van der Waals surface area contributed by atoms with E-state index in [1.54, 1.807) is 6.07 Å². The Morgan fingerprint density at radius 1 is 1.47 bits per heavy atom. The van der Waals surface area contributed by atoms with Crippen LogP contribution in [0.4, 0.5) is 8.78 Å². The Labute approximate surface area is 88.0 Å². The molecule has 1 unspecified atom stereocenters. The SMILES string of the molecule is COc1cccc(CC(C)(F)CN)c1F. The minimum Gasteiger partial charge on any atom is -0.494 e. The van der Waals surface area contributed by atoms with Crippen molar-refractivity contribution < 1.29 is 13.5 Å². The van der Waals surface area contributed by atoms with Gasteiger partial charge in [0.15, 0.2) is 11.6 Å². The van der Waals surface area contributed by atoms with Crippen molar-refractivity contribution >= 4 is 0 Å². The van der Waals surface area contributed by atoms with Gasteiger partial charge >= 0.3 is 0 Å². The van der Waals surface area contributed by atoms with Crippen molar-refractivity contribution in [2.75, 3.05) is 13.7 Å². The largest absolute Gasteiger partial charge is 0.494 e. The zero-order valence-corrected chi connectivity index (χ0v) is 8.89. The van der Waals surface area contributed by atoms with Crippen molar-refractivity contribution in [2.45, 2.75) is 19.0 Å². The molecule has 0 aromatic heterocycles. The summed E-state index contributed by atoms with van der Waals surface area (Å²) in [4.78, 5) is 0. The van der Waals surface area contributed by atoms with E-state index >= 15 is 0 Å². The van der Waals surface area contributed by atoms with E-state index < -0.39 is 11.5 Å². The van der Waals surface area contributed by atoms with Gasteiger partial charge in [-0.2, -0.15) is 0 Å². The van der Waals surface area contributed by atoms with Crippen molar-refractivity contribution in [3.63, 3.8) is 0 Å². The summed E-state index contributed by atoms with van der Waals surface area (Å²) in [6.07, 6.45) is -0.0491. The van der Waals surface area contributed by atoms with Crippen LogP contribution < -0.4 is 10.5 Å². The molecule has 0 bridgehead atoms. The van der Waals surface area contributed by atoms with Crippen LogP contribution in [-0.2, 0) is 6.42 Å². The average molecular weight is 215 g/mol. The highest BCUT2D eigenvalue weighted by Gasteiger charge is 2.24. The van der Waals surface area contributed by atoms with Crippen LogP contribution in [0, 0.1) is 5.82 Å². The first-order chi connectivity index (χ1) is 7.00. The summed E-state index contributed by atoms with van der Waals surface area (Å²) >= 11 is 0. The summed E-state index contributed by atoms with van der Waals surface area (Å²) in [7, 11) is 1.37. The van der Waals surface area contributed by atoms with Gasteiger partial charge in [-0.25, -0.2) is 8.78 Å². The molecule has 1 rings (SSSR count). The van der Waals surface area contributed by atoms with E-state index in [0.29, 0.717) is 0 Å². The number of alkyl halides is 1. The van der Waals surface area contributed by atoms with Crippen LogP contribution in [0.25, 0.3) is 0 Å². The van der Waals surface area contributed by atoms with E-state index in [-0.39, 0.29) is 24.3 Å². The van der Waals surface area contributed by atoms with Crippen LogP contribution in [0.3, 0.4) is 0 Å². The maximum Gasteiger partial charge on any atom is 0.168 e. The van der Waals surface area contributed by atoms with Crippen LogP contribution in [0.15, 0.2) is 18.2 Å². The Bertz CT molecular complexity index is 339. The van der Waals surface area contributed by atoms with Crippen LogP contribution in [0.5, 0.6) is 5.75 Å². The van der Waals surface area contributed by atoms with Crippen LogP contribution >= 0.6 is 0 Å². The molecular weight excluding hydrogens is 200 g/mol. The maximum atomic E-state index is 13.6. The third-order valence-electron chi connectivity index (χ3n) is 2.25. The van der Waals surface area contributed by atoms with Gasteiger partial charge in [-0.1, -0.05) is 12.1 Å². The third kappa shape index (κ3) is 2.89. The number of hydrogen-bond donors (Lipinski definition) is 1. The number of rotatable bonds is 4. The van der Waals surface area contributed by atoms with Crippen molar-refractivity contribution in [1.82, 2.24) is 0 Å². The molecule has 4 heteroatoms. The smallest absolute Gasteiger partial charge is 0.168 e. The predicted octanol–water partition coefficient (Wildman–Crippen LogP) is 2.06. The summed E-state index contributed by atoms with van der Waals surface area (Å²) < 4.78 is 32.0. The van der Waals surface area contributed by atoms with Crippen LogP contribution in [0.2, 0.25) is 0 Å². The van der Waals surface area contributed by atoms with Gasteiger partial charge < -0.3 is 10.5 Å². The fourth-order valence-electron chi connectivity index (χ4n) is 1.32. The highest BCUT2D eigenvalue weighted by Crippen LogP contribution is 2.24. The number of methoxy groups -OCH3 is 1. The molecule has 0 saturated carbocycles. The Morgan fingerprint density at radius 3 is 2.67 bits per heavy atom. The first kappa shape index (κ1) is 11.9. The number of benzene rings is 1. The molecule has 0 radical (unpaired) electrons. The van der Waals surface area contributed by atoms with Crippen molar-refractivity contribution in [3.05, 3.63) is 29.6 Å². The van der Waals surface area contributed by atoms with Gasteiger partial charge in [-0.05, 0) is 18.6 Å². The molecule has 15 heavy (non-hydrogen) atoms. The summed E-state index contributed by atoms with van der Waals surface area (Å²) in [5, 5.41) is 0. The molecule has 0 heterocycles. The standard InChI is InChI=1S/C11H15F2NO/c1-11(13,7-14)6-8-4-3-5-9(15-2)10(8)12/h3-5H,6-7,14H2,1-2H3. The zero-order valence-electron chi connectivity index (χ0n) is 8.89. The van der Waals surface area contributed by atoms with Crippen molar-refractivity contribution in [2.24, 2.45) is 5.73 Å². The quantitative estimate of drug-likeness (QED) is 0.834. The Balaban J connectivity index is 2.95. The molecule has 0 amide bonds. The van der Waals surface area contributed by atoms with Gasteiger partial charge in [0.05, 0.1) is 7.11 Å². The second kappa shape index (κ2) is 4.57. The molecule has 0 saturated heterocycles. The second-order valence-corrected chi connectivity index (χ2v) is 3.73. The molecule has 0 fully saturated rings. The summed E-state index contributed by atoms with van der Waals surface area (Å²) in [5.41, 5.74) is 3.94. The highest BCUT2D eigenvalue weighted by atomic mass is 19.1. The first-order valence-electron chi connectivity index (χ1n) is 4.70. The molecule has 1 aromatic rings. The maximum absolute atomic E-state index is 13.6. The van der Waals surface area contributed by atoms with Crippen molar-refractivity contribution in [1.29, 1.82) is 0 Å². The topological polar surface area (TPSA) is 35.2 Å². The molecule has 1 atom stereocenters. The zero-order chi connectivity index (χ0) is 11.5. The van der Waals surface area contributed by atoms with Crippen LogP contribution in [0.1, 0.15) is 12.5 Å². The lowest BCUT2D eigenvalue weighted by Gasteiger charge is -2.18. The highest BCUT2D eigenvalue weighted by molar-refractivity contribution is 5.31. The molecule has 2 N–H and O–H groups in total. The van der Waals surface area contributed by atoms with Gasteiger partial charge in [-0.3, -0.25) is 0 Å². The average Bonchev–Trinajstić information content (AvgIpc) is 2.21. The summed E-state index contributed by atoms with van der Waals surface area (Å²) in [6.45, 7) is 1.22. The van der Waals surface area contributed by atoms with Gasteiger partial charge in [0.2, 0.25) is 0 Å². The summed E-state index contributed by atoms with van der Waals surface area (Å²) in [5.74, 6) is -0.391. The van der Waals surface area contributed by atoms with E-state index in [1.165, 1.54) is 26.2 Å². The molecular formula is C11H15F2NO. The number of nitrogens with two attached hydrogens (primary N) is 1. The van der Waals surface area contributed by atoms with E-state index in [1.807, 2.05) is 0 Å². The lowest BCUT2D eigenvalue weighted by atomic mass is 9.98. The fourth-order valence-corrected chi connectivity index (χ4v) is 1.32. The van der Waals surface area contributed by atoms with Crippen LogP contribution in [-0.4, -0.2) is 19.3 Å². The molecule has 0 aliphatic rings. The number of ether oxygens (including phenoxy) is 1. The molecule has 84 valence electrons. The molecule has 2 nitrogen and oxygen atoms in total.